The largest absolute Gasteiger partial charge is 0.442 e. The number of benzene rings is 1. The number of fused-ring (bicyclic) bond motifs is 1. The molecule has 7 nitrogen and oxygen atoms in total. The topological polar surface area (TPSA) is 94.4 Å². The fourth-order valence-corrected chi connectivity index (χ4v) is 3.65. The molecule has 1 fully saturated rings. The van der Waals surface area contributed by atoms with Crippen LogP contribution in [0.1, 0.15) is 27.6 Å². The van der Waals surface area contributed by atoms with Gasteiger partial charge in [-0.1, -0.05) is 30.3 Å². The second-order valence-electron chi connectivity index (χ2n) is 6.77. The minimum atomic E-state index is -0.293. The van der Waals surface area contributed by atoms with Crippen LogP contribution in [0.25, 0.3) is 11.1 Å². The van der Waals surface area contributed by atoms with Gasteiger partial charge in [0.05, 0.1) is 5.56 Å². The van der Waals surface area contributed by atoms with Crippen molar-refractivity contribution in [1.29, 1.82) is 0 Å². The average Bonchev–Trinajstić information content (AvgIpc) is 3.19. The summed E-state index contributed by atoms with van der Waals surface area (Å²) in [6, 6.07) is 9.79. The average molecular weight is 352 g/mol. The molecule has 0 aliphatic carbocycles. The SMILES string of the molecule is Cc1oc2ncn(C)c(=O)c2c1C(=O)N1C[C@@H](N)[C@H](c2ccccc2)C1. The van der Waals surface area contributed by atoms with Crippen molar-refractivity contribution >= 4 is 17.0 Å². The number of rotatable bonds is 2. The Balaban J connectivity index is 1.71. The highest BCUT2D eigenvalue weighted by Crippen LogP contribution is 2.29. The summed E-state index contributed by atoms with van der Waals surface area (Å²) in [7, 11) is 1.60. The van der Waals surface area contributed by atoms with Crippen LogP contribution in [-0.2, 0) is 7.05 Å². The predicted octanol–water partition coefficient (Wildman–Crippen LogP) is 1.40. The highest BCUT2D eigenvalue weighted by atomic mass is 16.3. The van der Waals surface area contributed by atoms with Crippen LogP contribution >= 0.6 is 0 Å². The van der Waals surface area contributed by atoms with E-state index in [-0.39, 0.29) is 40.1 Å². The van der Waals surface area contributed by atoms with Gasteiger partial charge in [0, 0.05) is 32.1 Å². The molecule has 1 saturated heterocycles. The van der Waals surface area contributed by atoms with Crippen molar-refractivity contribution in [3.8, 4) is 0 Å². The Bertz CT molecular complexity index is 1040. The standard InChI is InChI=1S/C19H20N4O3/c1-11-15(16-17(26-11)21-10-22(2)18(16)24)19(25)23-8-13(14(20)9-23)12-6-4-3-5-7-12/h3-7,10,13-14H,8-9,20H2,1-2H3/t13-,14+/m0/s1. The Morgan fingerprint density at radius 1 is 1.27 bits per heavy atom. The highest BCUT2D eigenvalue weighted by Gasteiger charge is 2.36. The molecule has 0 radical (unpaired) electrons. The summed E-state index contributed by atoms with van der Waals surface area (Å²) in [5.41, 5.74) is 7.60. The van der Waals surface area contributed by atoms with Crippen LogP contribution in [0.2, 0.25) is 0 Å². The number of nitrogens with two attached hydrogens (primary N) is 1. The zero-order valence-electron chi connectivity index (χ0n) is 14.7. The van der Waals surface area contributed by atoms with Gasteiger partial charge in [-0.25, -0.2) is 4.98 Å². The smallest absolute Gasteiger partial charge is 0.265 e. The van der Waals surface area contributed by atoms with E-state index in [1.54, 1.807) is 18.9 Å². The fourth-order valence-electron chi connectivity index (χ4n) is 3.65. The molecule has 0 unspecified atom stereocenters. The summed E-state index contributed by atoms with van der Waals surface area (Å²) < 4.78 is 6.89. The Labute approximate surface area is 150 Å². The molecule has 0 bridgehead atoms. The minimum absolute atomic E-state index is 0.0691. The van der Waals surface area contributed by atoms with Crippen LogP contribution < -0.4 is 11.3 Å². The quantitative estimate of drug-likeness (QED) is 0.752. The maximum Gasteiger partial charge on any atom is 0.265 e. The second-order valence-corrected chi connectivity index (χ2v) is 6.77. The first-order valence-electron chi connectivity index (χ1n) is 8.52. The normalized spacial score (nSPS) is 20.0. The van der Waals surface area contributed by atoms with Gasteiger partial charge in [0.2, 0.25) is 5.71 Å². The summed E-state index contributed by atoms with van der Waals surface area (Å²) in [6.07, 6.45) is 1.39. The Kier molecular flexibility index (Phi) is 3.88. The molecule has 1 aliphatic heterocycles. The van der Waals surface area contributed by atoms with Gasteiger partial charge >= 0.3 is 0 Å². The summed E-state index contributed by atoms with van der Waals surface area (Å²) >= 11 is 0. The number of furan rings is 1. The zero-order valence-corrected chi connectivity index (χ0v) is 14.7. The number of hydrogen-bond acceptors (Lipinski definition) is 5. The van der Waals surface area contributed by atoms with Gasteiger partial charge in [-0.2, -0.15) is 0 Å². The molecule has 3 aromatic rings. The van der Waals surface area contributed by atoms with Crippen LogP contribution in [0.5, 0.6) is 0 Å². The first-order chi connectivity index (χ1) is 12.5. The molecule has 134 valence electrons. The van der Waals surface area contributed by atoms with E-state index in [0.717, 1.165) is 5.56 Å². The Morgan fingerprint density at radius 3 is 2.73 bits per heavy atom. The van der Waals surface area contributed by atoms with E-state index in [9.17, 15) is 9.59 Å². The highest BCUT2D eigenvalue weighted by molar-refractivity contribution is 6.06. The van der Waals surface area contributed by atoms with Crippen molar-refractivity contribution in [2.75, 3.05) is 13.1 Å². The van der Waals surface area contributed by atoms with Gasteiger partial charge in [-0.05, 0) is 12.5 Å². The van der Waals surface area contributed by atoms with E-state index >= 15 is 0 Å². The lowest BCUT2D eigenvalue weighted by molar-refractivity contribution is 0.0789. The molecule has 4 rings (SSSR count). The molecule has 2 N–H and O–H groups in total. The van der Waals surface area contributed by atoms with E-state index in [4.69, 9.17) is 10.2 Å². The fraction of sp³-hybridized carbons (Fsp3) is 0.316. The second kappa shape index (κ2) is 6.10. The first kappa shape index (κ1) is 16.5. The number of hydrogen-bond donors (Lipinski definition) is 1. The van der Waals surface area contributed by atoms with Crippen molar-refractivity contribution in [1.82, 2.24) is 14.5 Å². The lowest BCUT2D eigenvalue weighted by atomic mass is 9.95. The molecule has 1 aliphatic rings. The van der Waals surface area contributed by atoms with Gasteiger partial charge in [-0.15, -0.1) is 0 Å². The molecular weight excluding hydrogens is 332 g/mol. The molecule has 0 saturated carbocycles. The van der Waals surface area contributed by atoms with E-state index in [0.29, 0.717) is 18.8 Å². The Morgan fingerprint density at radius 2 is 2.00 bits per heavy atom. The summed E-state index contributed by atoms with van der Waals surface area (Å²) in [5.74, 6) is 0.234. The van der Waals surface area contributed by atoms with E-state index in [1.165, 1.54) is 10.9 Å². The lowest BCUT2D eigenvalue weighted by Crippen LogP contribution is -2.33. The van der Waals surface area contributed by atoms with Crippen LogP contribution in [-0.4, -0.2) is 39.5 Å². The molecule has 3 heterocycles. The van der Waals surface area contributed by atoms with Gasteiger partial charge in [0.15, 0.2) is 0 Å². The summed E-state index contributed by atoms with van der Waals surface area (Å²) in [4.78, 5) is 31.5. The first-order valence-corrected chi connectivity index (χ1v) is 8.52. The van der Waals surface area contributed by atoms with Gasteiger partial charge in [0.25, 0.3) is 11.5 Å². The van der Waals surface area contributed by atoms with Crippen molar-refractivity contribution in [3.05, 3.63) is 63.9 Å². The number of aryl methyl sites for hydroxylation is 2. The van der Waals surface area contributed by atoms with Gasteiger partial charge < -0.3 is 19.6 Å². The maximum atomic E-state index is 13.2. The Hall–Kier alpha value is -2.93. The number of aromatic nitrogens is 2. The van der Waals surface area contributed by atoms with E-state index in [2.05, 4.69) is 4.98 Å². The monoisotopic (exact) mass is 352 g/mol. The molecule has 1 amide bonds. The third-order valence-electron chi connectivity index (χ3n) is 5.04. The third kappa shape index (κ3) is 2.52. The van der Waals surface area contributed by atoms with Crippen LogP contribution in [0, 0.1) is 6.92 Å². The van der Waals surface area contributed by atoms with Crippen LogP contribution in [0.3, 0.4) is 0 Å². The summed E-state index contributed by atoms with van der Waals surface area (Å²) in [5, 5.41) is 0.231. The minimum Gasteiger partial charge on any atom is -0.442 e. The zero-order chi connectivity index (χ0) is 18.4. The van der Waals surface area contributed by atoms with Crippen molar-refractivity contribution in [3.63, 3.8) is 0 Å². The van der Waals surface area contributed by atoms with Crippen molar-refractivity contribution in [2.45, 2.75) is 18.9 Å². The van der Waals surface area contributed by atoms with Crippen molar-refractivity contribution in [2.24, 2.45) is 12.8 Å². The number of carbonyl (C=O) groups is 1. The van der Waals surface area contributed by atoms with Crippen molar-refractivity contribution < 1.29 is 9.21 Å². The molecule has 2 atom stereocenters. The number of likely N-dealkylation sites (tertiary alicyclic amines) is 1. The third-order valence-corrected chi connectivity index (χ3v) is 5.04. The molecule has 0 spiro atoms. The number of nitrogens with zero attached hydrogens (tertiary/aromatic N) is 3. The number of amides is 1. The van der Waals surface area contributed by atoms with Crippen LogP contribution in [0.4, 0.5) is 0 Å². The number of carbonyl (C=O) groups excluding carboxylic acids is 1. The van der Waals surface area contributed by atoms with E-state index < -0.39 is 0 Å². The maximum absolute atomic E-state index is 13.2. The lowest BCUT2D eigenvalue weighted by Gasteiger charge is -2.16. The van der Waals surface area contributed by atoms with Gasteiger partial charge in [0.1, 0.15) is 17.5 Å². The molecule has 1 aromatic carbocycles. The molecule has 2 aromatic heterocycles. The molecular formula is C19H20N4O3. The van der Waals surface area contributed by atoms with Crippen LogP contribution in [0.15, 0.2) is 45.9 Å². The molecule has 26 heavy (non-hydrogen) atoms. The predicted molar refractivity (Wildman–Crippen MR) is 97.0 cm³/mol. The summed E-state index contributed by atoms with van der Waals surface area (Å²) in [6.45, 7) is 2.63. The van der Waals surface area contributed by atoms with Gasteiger partial charge in [-0.3, -0.25) is 9.59 Å². The van der Waals surface area contributed by atoms with E-state index in [1.807, 2.05) is 30.3 Å². The molecule has 7 heteroatoms.